The zero-order valence-corrected chi connectivity index (χ0v) is 19.2. The molecule has 1 aliphatic carbocycles. The minimum absolute atomic E-state index is 0.00422. The van der Waals surface area contributed by atoms with Crippen molar-refractivity contribution in [1.29, 1.82) is 0 Å². The van der Waals surface area contributed by atoms with E-state index in [1.807, 2.05) is 0 Å². The number of amides is 1. The van der Waals surface area contributed by atoms with Gasteiger partial charge in [-0.05, 0) is 31.4 Å². The highest BCUT2D eigenvalue weighted by Crippen LogP contribution is 2.37. The van der Waals surface area contributed by atoms with E-state index in [4.69, 9.17) is 27.9 Å². The van der Waals surface area contributed by atoms with Gasteiger partial charge in [0.2, 0.25) is 0 Å². The number of fused-ring (bicyclic) bond motifs is 1. The number of halogens is 2. The normalized spacial score (nSPS) is 21.2. The van der Waals surface area contributed by atoms with Crippen LogP contribution in [0.1, 0.15) is 41.8 Å². The second-order valence-corrected chi connectivity index (χ2v) is 11.9. The molecule has 10 heteroatoms. The monoisotopic (exact) mass is 489 g/mol. The second-order valence-electron chi connectivity index (χ2n) is 7.76. The molecule has 0 N–H and O–H groups in total. The van der Waals surface area contributed by atoms with E-state index >= 15 is 0 Å². The van der Waals surface area contributed by atoms with Crippen LogP contribution < -0.4 is 0 Å². The van der Waals surface area contributed by atoms with Crippen molar-refractivity contribution in [2.45, 2.75) is 44.2 Å². The Kier molecular flexibility index (Phi) is 6.30. The quantitative estimate of drug-likeness (QED) is 0.584. The molecular weight excluding hydrogens is 469 g/mol. The van der Waals surface area contributed by atoms with Crippen LogP contribution in [0, 0.1) is 0 Å². The molecule has 0 spiro atoms. The summed E-state index contributed by atoms with van der Waals surface area (Å²) in [5.41, 5.74) is 0. The first-order valence-corrected chi connectivity index (χ1v) is 13.2. The molecule has 30 heavy (non-hydrogen) atoms. The van der Waals surface area contributed by atoms with Crippen LogP contribution in [0.15, 0.2) is 18.2 Å². The van der Waals surface area contributed by atoms with Gasteiger partial charge in [-0.15, -0.1) is 11.3 Å². The number of carbonyl (C=O) groups excluding carboxylic acids is 2. The summed E-state index contributed by atoms with van der Waals surface area (Å²) in [5.74, 6) is -0.950. The molecule has 2 aromatic rings. The molecular formula is C20H21Cl2NO5S2. The molecule has 162 valence electrons. The summed E-state index contributed by atoms with van der Waals surface area (Å²) in [6.07, 6.45) is 4.14. The van der Waals surface area contributed by atoms with Gasteiger partial charge in [0.05, 0.1) is 16.5 Å². The number of hydrogen-bond acceptors (Lipinski definition) is 6. The van der Waals surface area contributed by atoms with Gasteiger partial charge in [-0.3, -0.25) is 4.79 Å². The number of sulfone groups is 1. The van der Waals surface area contributed by atoms with Crippen molar-refractivity contribution in [2.24, 2.45) is 0 Å². The lowest BCUT2D eigenvalue weighted by Crippen LogP contribution is -2.48. The van der Waals surface area contributed by atoms with Crippen molar-refractivity contribution in [3.8, 4) is 0 Å². The van der Waals surface area contributed by atoms with Gasteiger partial charge in [-0.25, -0.2) is 13.2 Å². The lowest BCUT2D eigenvalue weighted by Gasteiger charge is -2.33. The Bertz CT molecular complexity index is 1090. The average Bonchev–Trinajstić information content (AvgIpc) is 3.40. The average molecular weight is 490 g/mol. The molecule has 2 fully saturated rings. The minimum atomic E-state index is -3.13. The second kappa shape index (κ2) is 8.65. The highest BCUT2D eigenvalue weighted by molar-refractivity contribution is 7.91. The topological polar surface area (TPSA) is 80.8 Å². The van der Waals surface area contributed by atoms with Gasteiger partial charge < -0.3 is 9.64 Å². The Morgan fingerprint density at radius 3 is 2.53 bits per heavy atom. The first-order chi connectivity index (χ1) is 14.2. The standard InChI is InChI=1S/C20H21Cl2NO5S2/c21-12-5-6-15-16(9-12)29-19(18(15)22)20(25)28-10-17(24)23(13-3-1-2-4-13)14-7-8-30(26,27)11-14/h5-6,9,13-14H,1-4,7-8,10-11H2/t14-/m0/s1. The Morgan fingerprint density at radius 2 is 1.87 bits per heavy atom. The van der Waals surface area contributed by atoms with Crippen LogP contribution in [0.4, 0.5) is 0 Å². The molecule has 2 aliphatic rings. The molecule has 0 radical (unpaired) electrons. The lowest BCUT2D eigenvalue weighted by atomic mass is 10.1. The van der Waals surface area contributed by atoms with Gasteiger partial charge in [0.15, 0.2) is 16.4 Å². The van der Waals surface area contributed by atoms with Crippen molar-refractivity contribution < 1.29 is 22.7 Å². The number of nitrogens with zero attached hydrogens (tertiary/aromatic N) is 1. The summed E-state index contributed by atoms with van der Waals surface area (Å²) >= 11 is 13.5. The molecule has 0 unspecified atom stereocenters. The Morgan fingerprint density at radius 1 is 1.13 bits per heavy atom. The summed E-state index contributed by atoms with van der Waals surface area (Å²) in [6, 6.07) is 4.80. The number of rotatable bonds is 5. The van der Waals surface area contributed by atoms with Gasteiger partial charge in [0.1, 0.15) is 4.88 Å². The fraction of sp³-hybridized carbons (Fsp3) is 0.500. The van der Waals surface area contributed by atoms with Crippen LogP contribution in [0.5, 0.6) is 0 Å². The van der Waals surface area contributed by atoms with Crippen molar-refractivity contribution in [3.63, 3.8) is 0 Å². The molecule has 4 rings (SSSR count). The third-order valence-corrected chi connectivity index (χ3v) is 9.33. The van der Waals surface area contributed by atoms with E-state index in [-0.39, 0.29) is 39.4 Å². The van der Waals surface area contributed by atoms with E-state index in [0.717, 1.165) is 41.7 Å². The van der Waals surface area contributed by atoms with Gasteiger partial charge in [-0.2, -0.15) is 0 Å². The lowest BCUT2D eigenvalue weighted by molar-refractivity contribution is -0.139. The van der Waals surface area contributed by atoms with Crippen LogP contribution in [-0.2, 0) is 19.4 Å². The van der Waals surface area contributed by atoms with Crippen LogP contribution in [0.3, 0.4) is 0 Å². The molecule has 1 amide bonds. The third kappa shape index (κ3) is 4.47. The number of benzene rings is 1. The number of ether oxygens (including phenoxy) is 1. The van der Waals surface area contributed by atoms with Crippen LogP contribution in [0.2, 0.25) is 10.0 Å². The predicted molar refractivity (Wildman–Crippen MR) is 118 cm³/mol. The number of hydrogen-bond donors (Lipinski definition) is 0. The van der Waals surface area contributed by atoms with Gasteiger partial charge in [0.25, 0.3) is 5.91 Å². The van der Waals surface area contributed by atoms with Crippen LogP contribution in [-0.4, -0.2) is 55.4 Å². The Balaban J connectivity index is 1.48. The maximum absolute atomic E-state index is 13.0. The fourth-order valence-corrected chi connectivity index (χ4v) is 7.71. The zero-order chi connectivity index (χ0) is 21.5. The molecule has 1 atom stereocenters. The van der Waals surface area contributed by atoms with E-state index in [0.29, 0.717) is 16.8 Å². The van der Waals surface area contributed by atoms with Gasteiger partial charge in [0, 0.05) is 27.2 Å². The molecule has 6 nitrogen and oxygen atoms in total. The summed E-state index contributed by atoms with van der Waals surface area (Å²) in [5, 5.41) is 1.51. The maximum Gasteiger partial charge on any atom is 0.350 e. The van der Waals surface area contributed by atoms with Crippen LogP contribution in [0.25, 0.3) is 10.1 Å². The van der Waals surface area contributed by atoms with Crippen LogP contribution >= 0.6 is 34.5 Å². The highest BCUT2D eigenvalue weighted by atomic mass is 35.5. The molecule has 1 saturated carbocycles. The highest BCUT2D eigenvalue weighted by Gasteiger charge is 2.39. The Labute approximate surface area is 189 Å². The smallest absolute Gasteiger partial charge is 0.350 e. The summed E-state index contributed by atoms with van der Waals surface area (Å²) in [7, 11) is -3.13. The zero-order valence-electron chi connectivity index (χ0n) is 16.1. The summed E-state index contributed by atoms with van der Waals surface area (Å²) < 4.78 is 29.9. The van der Waals surface area contributed by atoms with E-state index in [1.165, 1.54) is 0 Å². The summed E-state index contributed by atoms with van der Waals surface area (Å²) in [4.78, 5) is 27.5. The third-order valence-electron chi connectivity index (χ3n) is 5.71. The largest absolute Gasteiger partial charge is 0.451 e. The number of esters is 1. The molecule has 1 aliphatic heterocycles. The SMILES string of the molecule is O=C(OCC(=O)N(C1CCCC1)[C@H]1CCS(=O)(=O)C1)c1sc2cc(Cl)ccc2c1Cl. The molecule has 2 heterocycles. The van der Waals surface area contributed by atoms with Crippen molar-refractivity contribution >= 4 is 66.3 Å². The van der Waals surface area contributed by atoms with Gasteiger partial charge in [-0.1, -0.05) is 42.1 Å². The van der Waals surface area contributed by atoms with E-state index in [1.54, 1.807) is 23.1 Å². The number of carbonyl (C=O) groups is 2. The molecule has 0 bridgehead atoms. The first kappa shape index (κ1) is 21.9. The first-order valence-electron chi connectivity index (χ1n) is 9.81. The molecule has 1 aromatic carbocycles. The van der Waals surface area contributed by atoms with Gasteiger partial charge >= 0.3 is 5.97 Å². The summed E-state index contributed by atoms with van der Waals surface area (Å²) in [6.45, 7) is -0.433. The Hall–Kier alpha value is -1.35. The predicted octanol–water partition coefficient (Wildman–Crippen LogP) is 4.32. The van der Waals surface area contributed by atoms with E-state index < -0.39 is 22.4 Å². The van der Waals surface area contributed by atoms with Crippen molar-refractivity contribution in [1.82, 2.24) is 4.90 Å². The minimum Gasteiger partial charge on any atom is -0.451 e. The fourth-order valence-electron chi connectivity index (χ4n) is 4.32. The maximum atomic E-state index is 13.0. The van der Waals surface area contributed by atoms with Crippen molar-refractivity contribution in [3.05, 3.63) is 33.1 Å². The van der Waals surface area contributed by atoms with E-state index in [9.17, 15) is 18.0 Å². The van der Waals surface area contributed by atoms with Crippen molar-refractivity contribution in [2.75, 3.05) is 18.1 Å². The van der Waals surface area contributed by atoms with E-state index in [2.05, 4.69) is 0 Å². The molecule has 1 aromatic heterocycles. The molecule has 1 saturated heterocycles. The number of thiophene rings is 1.